The molecule has 0 saturated heterocycles. The second-order valence-corrected chi connectivity index (χ2v) is 5.10. The molecule has 3 rings (SSSR count). The van der Waals surface area contributed by atoms with Crippen molar-refractivity contribution in [2.45, 2.75) is 0 Å². The average Bonchev–Trinajstić information content (AvgIpc) is 2.63. The van der Waals surface area contributed by atoms with Gasteiger partial charge in [0.2, 0.25) is 0 Å². The normalized spacial score (nSPS) is 10.1. The van der Waals surface area contributed by atoms with E-state index in [9.17, 15) is 14.0 Å². The van der Waals surface area contributed by atoms with Gasteiger partial charge in [-0.1, -0.05) is 30.3 Å². The summed E-state index contributed by atoms with van der Waals surface area (Å²) in [5, 5.41) is 0. The van der Waals surface area contributed by atoms with Gasteiger partial charge in [0.1, 0.15) is 17.3 Å². The van der Waals surface area contributed by atoms with E-state index in [4.69, 9.17) is 9.47 Å². The summed E-state index contributed by atoms with van der Waals surface area (Å²) in [7, 11) is 0. The number of carbonyl (C=O) groups is 2. The summed E-state index contributed by atoms with van der Waals surface area (Å²) >= 11 is 0. The van der Waals surface area contributed by atoms with Crippen LogP contribution < -0.4 is 9.47 Å². The summed E-state index contributed by atoms with van der Waals surface area (Å²) in [6, 6.07) is 20.0. The molecule has 0 aliphatic rings. The number of esters is 2. The summed E-state index contributed by atoms with van der Waals surface area (Å²) in [5.41, 5.74) is 0.143. The lowest BCUT2D eigenvalue weighted by Gasteiger charge is -2.07. The van der Waals surface area contributed by atoms with Gasteiger partial charge in [0.15, 0.2) is 0 Å². The topological polar surface area (TPSA) is 52.6 Å². The average molecular weight is 336 g/mol. The Hall–Kier alpha value is -3.47. The summed E-state index contributed by atoms with van der Waals surface area (Å²) in [5.74, 6) is -1.36. The molecular weight excluding hydrogens is 323 g/mol. The fraction of sp³-hybridized carbons (Fsp3) is 0. The third-order valence-corrected chi connectivity index (χ3v) is 3.35. The monoisotopic (exact) mass is 336 g/mol. The van der Waals surface area contributed by atoms with Crippen molar-refractivity contribution in [1.29, 1.82) is 0 Å². The smallest absolute Gasteiger partial charge is 0.346 e. The molecule has 0 saturated carbocycles. The third kappa shape index (κ3) is 4.09. The number of carbonyl (C=O) groups excluding carboxylic acids is 2. The number of ether oxygens (including phenoxy) is 2. The Morgan fingerprint density at radius 3 is 1.88 bits per heavy atom. The van der Waals surface area contributed by atoms with Gasteiger partial charge in [-0.05, 0) is 48.5 Å². The molecule has 0 aliphatic heterocycles. The van der Waals surface area contributed by atoms with E-state index in [1.54, 1.807) is 30.3 Å². The number of para-hydroxylation sites is 1. The van der Waals surface area contributed by atoms with Crippen LogP contribution in [0.4, 0.5) is 4.39 Å². The molecule has 0 radical (unpaired) electrons. The highest BCUT2D eigenvalue weighted by Crippen LogP contribution is 2.17. The molecule has 3 aromatic carbocycles. The first kappa shape index (κ1) is 16.4. The quantitative estimate of drug-likeness (QED) is 0.527. The minimum Gasteiger partial charge on any atom is -0.423 e. The SMILES string of the molecule is O=C(Oc1ccccc1)c1ccc(OC(=O)c2ccccc2F)cc1. The molecule has 0 aromatic heterocycles. The van der Waals surface area contributed by atoms with Crippen LogP contribution >= 0.6 is 0 Å². The summed E-state index contributed by atoms with van der Waals surface area (Å²) in [6.07, 6.45) is 0. The maximum absolute atomic E-state index is 13.6. The van der Waals surface area contributed by atoms with Gasteiger partial charge in [0.25, 0.3) is 0 Å². The van der Waals surface area contributed by atoms with Crippen LogP contribution in [-0.2, 0) is 0 Å². The van der Waals surface area contributed by atoms with E-state index in [1.165, 1.54) is 42.5 Å². The van der Waals surface area contributed by atoms with Crippen LogP contribution in [0.5, 0.6) is 11.5 Å². The maximum atomic E-state index is 13.6. The number of benzene rings is 3. The third-order valence-electron chi connectivity index (χ3n) is 3.35. The molecule has 0 bridgehead atoms. The van der Waals surface area contributed by atoms with Crippen LogP contribution in [0.3, 0.4) is 0 Å². The van der Waals surface area contributed by atoms with Gasteiger partial charge in [0.05, 0.1) is 11.1 Å². The van der Waals surface area contributed by atoms with Gasteiger partial charge in [-0.15, -0.1) is 0 Å². The van der Waals surface area contributed by atoms with Gasteiger partial charge in [-0.25, -0.2) is 14.0 Å². The van der Waals surface area contributed by atoms with Gasteiger partial charge in [0, 0.05) is 0 Å². The Balaban J connectivity index is 1.67. The zero-order chi connectivity index (χ0) is 17.6. The largest absolute Gasteiger partial charge is 0.423 e. The summed E-state index contributed by atoms with van der Waals surface area (Å²) in [6.45, 7) is 0. The number of hydrogen-bond donors (Lipinski definition) is 0. The predicted octanol–water partition coefficient (Wildman–Crippen LogP) is 4.26. The lowest BCUT2D eigenvalue weighted by molar-refractivity contribution is 0.0727. The van der Waals surface area contributed by atoms with Crippen LogP contribution in [0.15, 0.2) is 78.9 Å². The highest BCUT2D eigenvalue weighted by Gasteiger charge is 2.14. The van der Waals surface area contributed by atoms with E-state index < -0.39 is 17.8 Å². The van der Waals surface area contributed by atoms with Crippen LogP contribution in [-0.4, -0.2) is 11.9 Å². The molecule has 4 nitrogen and oxygen atoms in total. The first-order valence-corrected chi connectivity index (χ1v) is 7.47. The second kappa shape index (κ2) is 7.40. The fourth-order valence-corrected chi connectivity index (χ4v) is 2.10. The lowest BCUT2D eigenvalue weighted by Crippen LogP contribution is -2.11. The maximum Gasteiger partial charge on any atom is 0.346 e. The Morgan fingerprint density at radius 1 is 0.640 bits per heavy atom. The fourth-order valence-electron chi connectivity index (χ4n) is 2.10. The van der Waals surface area contributed by atoms with Crippen molar-refractivity contribution in [3.63, 3.8) is 0 Å². The van der Waals surface area contributed by atoms with Crippen molar-refractivity contribution in [3.05, 3.63) is 95.8 Å². The Labute approximate surface area is 143 Å². The van der Waals surface area contributed by atoms with Crippen molar-refractivity contribution in [2.24, 2.45) is 0 Å². The molecule has 0 atom stereocenters. The molecule has 0 spiro atoms. The van der Waals surface area contributed by atoms with Gasteiger partial charge >= 0.3 is 11.9 Å². The summed E-state index contributed by atoms with van der Waals surface area (Å²) in [4.78, 5) is 24.0. The zero-order valence-electron chi connectivity index (χ0n) is 13.0. The van der Waals surface area contributed by atoms with Gasteiger partial charge < -0.3 is 9.47 Å². The minimum absolute atomic E-state index is 0.157. The predicted molar refractivity (Wildman–Crippen MR) is 89.2 cm³/mol. The first-order chi connectivity index (χ1) is 12.1. The van der Waals surface area contributed by atoms with Crippen LogP contribution in [0.25, 0.3) is 0 Å². The van der Waals surface area contributed by atoms with Crippen molar-refractivity contribution >= 4 is 11.9 Å². The van der Waals surface area contributed by atoms with E-state index in [0.29, 0.717) is 11.3 Å². The van der Waals surface area contributed by atoms with Crippen LogP contribution in [0.1, 0.15) is 20.7 Å². The molecule has 0 fully saturated rings. The van der Waals surface area contributed by atoms with E-state index in [1.807, 2.05) is 6.07 Å². The molecule has 0 N–H and O–H groups in total. The molecule has 25 heavy (non-hydrogen) atoms. The first-order valence-electron chi connectivity index (χ1n) is 7.47. The Kier molecular flexibility index (Phi) is 4.85. The standard InChI is InChI=1S/C20H13FO4/c21-18-9-5-4-8-17(18)20(23)25-16-12-10-14(11-13-16)19(22)24-15-6-2-1-3-7-15/h1-13H. The van der Waals surface area contributed by atoms with E-state index in [0.717, 1.165) is 0 Å². The molecule has 0 aliphatic carbocycles. The number of rotatable bonds is 4. The summed E-state index contributed by atoms with van der Waals surface area (Å²) < 4.78 is 23.9. The van der Waals surface area contributed by atoms with E-state index in [-0.39, 0.29) is 11.3 Å². The highest BCUT2D eigenvalue weighted by atomic mass is 19.1. The van der Waals surface area contributed by atoms with Crippen molar-refractivity contribution in [3.8, 4) is 11.5 Å². The molecule has 3 aromatic rings. The van der Waals surface area contributed by atoms with Crippen LogP contribution in [0, 0.1) is 5.82 Å². The van der Waals surface area contributed by atoms with E-state index >= 15 is 0 Å². The Bertz CT molecular complexity index is 889. The van der Waals surface area contributed by atoms with Crippen molar-refractivity contribution in [2.75, 3.05) is 0 Å². The van der Waals surface area contributed by atoms with Crippen molar-refractivity contribution < 1.29 is 23.5 Å². The molecular formula is C20H13FO4. The molecule has 0 heterocycles. The second-order valence-electron chi connectivity index (χ2n) is 5.10. The van der Waals surface area contributed by atoms with Crippen LogP contribution in [0.2, 0.25) is 0 Å². The Morgan fingerprint density at radius 2 is 1.20 bits per heavy atom. The van der Waals surface area contributed by atoms with Crippen molar-refractivity contribution in [1.82, 2.24) is 0 Å². The van der Waals surface area contributed by atoms with E-state index in [2.05, 4.69) is 0 Å². The number of hydrogen-bond acceptors (Lipinski definition) is 4. The zero-order valence-corrected chi connectivity index (χ0v) is 13.0. The minimum atomic E-state index is -0.808. The molecule has 0 unspecified atom stereocenters. The lowest BCUT2D eigenvalue weighted by atomic mass is 10.2. The number of halogens is 1. The molecule has 124 valence electrons. The highest BCUT2D eigenvalue weighted by molar-refractivity contribution is 5.92. The molecule has 0 amide bonds. The van der Waals surface area contributed by atoms with Gasteiger partial charge in [-0.2, -0.15) is 0 Å². The van der Waals surface area contributed by atoms with Gasteiger partial charge in [-0.3, -0.25) is 0 Å². The molecule has 5 heteroatoms.